The van der Waals surface area contributed by atoms with Crippen LogP contribution in [0.25, 0.3) is 0 Å². The first-order valence-electron chi connectivity index (χ1n) is 12.8. The van der Waals surface area contributed by atoms with E-state index >= 15 is 0 Å². The zero-order valence-corrected chi connectivity index (χ0v) is 21.6. The lowest BCUT2D eigenvalue weighted by Gasteiger charge is -2.29. The van der Waals surface area contributed by atoms with E-state index in [0.717, 1.165) is 28.8 Å². The highest BCUT2D eigenvalue weighted by atomic mass is 16.7. The number of carbonyl (C=O) groups excluding carboxylic acids is 2. The first-order chi connectivity index (χ1) is 17.9. The lowest BCUT2D eigenvalue weighted by atomic mass is 9.90. The van der Waals surface area contributed by atoms with E-state index in [4.69, 9.17) is 14.3 Å². The Morgan fingerprint density at radius 1 is 0.865 bits per heavy atom. The molecule has 0 spiro atoms. The van der Waals surface area contributed by atoms with Crippen LogP contribution in [-0.4, -0.2) is 31.1 Å². The van der Waals surface area contributed by atoms with Crippen molar-refractivity contribution in [2.24, 2.45) is 5.92 Å². The molecular formula is C30H32N2O5. The lowest BCUT2D eigenvalue weighted by Crippen LogP contribution is -2.37. The van der Waals surface area contributed by atoms with E-state index in [0.29, 0.717) is 30.4 Å². The van der Waals surface area contributed by atoms with Crippen molar-refractivity contribution < 1.29 is 23.9 Å². The smallest absolute Gasteiger partial charge is 0.266 e. The van der Waals surface area contributed by atoms with Crippen molar-refractivity contribution in [1.29, 1.82) is 0 Å². The van der Waals surface area contributed by atoms with E-state index in [-0.39, 0.29) is 11.8 Å². The number of fused-ring (bicyclic) bond motifs is 1. The molecular weight excluding hydrogens is 468 g/mol. The average Bonchev–Trinajstić information content (AvgIpc) is 3.40. The molecule has 0 radical (unpaired) electrons. The molecule has 2 saturated heterocycles. The highest BCUT2D eigenvalue weighted by molar-refractivity contribution is 6.24. The molecule has 7 heteroatoms. The van der Waals surface area contributed by atoms with Crippen LogP contribution in [0.4, 0.5) is 11.4 Å². The number of hydrogen-bond acceptors (Lipinski definition) is 6. The summed E-state index contributed by atoms with van der Waals surface area (Å²) in [6, 6.07) is 20.4. The summed E-state index contributed by atoms with van der Waals surface area (Å²) in [7, 11) is 0. The highest BCUT2D eigenvalue weighted by Gasteiger charge is 2.60. The predicted octanol–water partition coefficient (Wildman–Crippen LogP) is 5.54. The van der Waals surface area contributed by atoms with Gasteiger partial charge in [0.1, 0.15) is 5.92 Å². The second kappa shape index (κ2) is 10.3. The second-order valence-electron chi connectivity index (χ2n) is 9.45. The number of rotatable bonds is 8. The number of anilines is 2. The Morgan fingerprint density at radius 3 is 2.35 bits per heavy atom. The molecule has 2 amide bonds. The van der Waals surface area contributed by atoms with Crippen molar-refractivity contribution in [2.45, 2.75) is 46.3 Å². The summed E-state index contributed by atoms with van der Waals surface area (Å²) in [4.78, 5) is 35.2. The minimum atomic E-state index is -0.926. The van der Waals surface area contributed by atoms with Crippen molar-refractivity contribution in [1.82, 2.24) is 0 Å². The fourth-order valence-corrected chi connectivity index (χ4v) is 5.15. The molecule has 3 aromatic carbocycles. The van der Waals surface area contributed by atoms with Crippen LogP contribution in [-0.2, 0) is 14.4 Å². The number of hydroxylamine groups is 1. The Hall–Kier alpha value is -3.84. The summed E-state index contributed by atoms with van der Waals surface area (Å²) in [6.45, 7) is 8.91. The molecule has 0 unspecified atom stereocenters. The predicted molar refractivity (Wildman–Crippen MR) is 142 cm³/mol. The SMILES string of the molecule is CCCOc1ccc([C@H]2[C@@H]3C(=O)N(c4ccc(C)cc4C)C(=O)[C@H]3ON2c2ccccc2)cc1OCC. The fourth-order valence-electron chi connectivity index (χ4n) is 5.15. The average molecular weight is 501 g/mol. The molecule has 0 bridgehead atoms. The van der Waals surface area contributed by atoms with Gasteiger partial charge >= 0.3 is 0 Å². The molecule has 5 rings (SSSR count). The number of ether oxygens (including phenoxy) is 2. The van der Waals surface area contributed by atoms with Gasteiger partial charge in [0.2, 0.25) is 5.91 Å². The van der Waals surface area contributed by atoms with Gasteiger partial charge in [-0.05, 0) is 68.7 Å². The van der Waals surface area contributed by atoms with E-state index in [2.05, 4.69) is 0 Å². The minimum absolute atomic E-state index is 0.269. The molecule has 2 heterocycles. The number of aryl methyl sites for hydroxylation is 2. The third-order valence-corrected chi connectivity index (χ3v) is 6.79. The third kappa shape index (κ3) is 4.44. The van der Waals surface area contributed by atoms with Crippen molar-refractivity contribution >= 4 is 23.2 Å². The second-order valence-corrected chi connectivity index (χ2v) is 9.45. The minimum Gasteiger partial charge on any atom is -0.490 e. The summed E-state index contributed by atoms with van der Waals surface area (Å²) >= 11 is 0. The molecule has 3 aromatic rings. The quantitative estimate of drug-likeness (QED) is 0.378. The number of para-hydroxylation sites is 1. The van der Waals surface area contributed by atoms with E-state index in [9.17, 15) is 9.59 Å². The summed E-state index contributed by atoms with van der Waals surface area (Å²) in [6.07, 6.45) is -0.0508. The summed E-state index contributed by atoms with van der Waals surface area (Å²) in [5.74, 6) is -0.0777. The Labute approximate surface area is 217 Å². The van der Waals surface area contributed by atoms with Gasteiger partial charge < -0.3 is 9.47 Å². The lowest BCUT2D eigenvalue weighted by molar-refractivity contribution is -0.126. The molecule has 37 heavy (non-hydrogen) atoms. The topological polar surface area (TPSA) is 68.3 Å². The standard InChI is InChI=1S/C30H32N2O5/c1-5-16-36-24-15-13-21(18-25(24)35-6-2)27-26-28(37-32(27)22-10-8-7-9-11-22)30(34)31(29(26)33)23-14-12-19(3)17-20(23)4/h7-15,17-18,26-28H,5-6,16H2,1-4H3/t26-,27-,28-/m0/s1. The Bertz CT molecular complexity index is 1310. The Kier molecular flexibility index (Phi) is 6.89. The number of benzene rings is 3. The Balaban J connectivity index is 1.58. The van der Waals surface area contributed by atoms with E-state index in [1.807, 2.05) is 94.4 Å². The van der Waals surface area contributed by atoms with E-state index in [1.165, 1.54) is 4.90 Å². The maximum Gasteiger partial charge on any atom is 0.266 e. The van der Waals surface area contributed by atoms with Crippen molar-refractivity contribution in [3.05, 3.63) is 83.4 Å². The van der Waals surface area contributed by atoms with Crippen molar-refractivity contribution in [3.63, 3.8) is 0 Å². The monoisotopic (exact) mass is 500 g/mol. The highest BCUT2D eigenvalue weighted by Crippen LogP contribution is 2.49. The van der Waals surface area contributed by atoms with Gasteiger partial charge in [0.15, 0.2) is 17.6 Å². The molecule has 0 aliphatic carbocycles. The van der Waals surface area contributed by atoms with Gasteiger partial charge in [0, 0.05) is 0 Å². The Morgan fingerprint density at radius 2 is 1.65 bits per heavy atom. The van der Waals surface area contributed by atoms with Crippen LogP contribution < -0.4 is 19.4 Å². The van der Waals surface area contributed by atoms with Gasteiger partial charge in [0.25, 0.3) is 5.91 Å². The number of amides is 2. The van der Waals surface area contributed by atoms with Crippen LogP contribution in [0.5, 0.6) is 11.5 Å². The number of imide groups is 1. The molecule has 3 atom stereocenters. The van der Waals surface area contributed by atoms with Crippen LogP contribution >= 0.6 is 0 Å². The normalized spacial score (nSPS) is 20.9. The van der Waals surface area contributed by atoms with Crippen molar-refractivity contribution in [3.8, 4) is 11.5 Å². The summed E-state index contributed by atoms with van der Waals surface area (Å²) in [5, 5.41) is 1.70. The van der Waals surface area contributed by atoms with Gasteiger partial charge in [-0.3, -0.25) is 14.4 Å². The number of carbonyl (C=O) groups is 2. The molecule has 0 aromatic heterocycles. The molecule has 2 aliphatic rings. The van der Waals surface area contributed by atoms with Crippen molar-refractivity contribution in [2.75, 3.05) is 23.2 Å². The van der Waals surface area contributed by atoms with Gasteiger partial charge in [0.05, 0.1) is 30.6 Å². The largest absolute Gasteiger partial charge is 0.490 e. The molecule has 192 valence electrons. The van der Waals surface area contributed by atoms with Gasteiger partial charge in [-0.1, -0.05) is 48.9 Å². The zero-order chi connectivity index (χ0) is 26.1. The van der Waals surface area contributed by atoms with Gasteiger partial charge in [-0.15, -0.1) is 0 Å². The first kappa shape index (κ1) is 24.8. The molecule has 0 saturated carbocycles. The number of hydrogen-bond donors (Lipinski definition) is 0. The summed E-state index contributed by atoms with van der Waals surface area (Å²) in [5.41, 5.74) is 4.12. The molecule has 2 aliphatic heterocycles. The van der Waals surface area contributed by atoms with Crippen LogP contribution in [0.2, 0.25) is 0 Å². The molecule has 2 fully saturated rings. The van der Waals surface area contributed by atoms with Crippen LogP contribution in [0.15, 0.2) is 66.7 Å². The van der Waals surface area contributed by atoms with Gasteiger partial charge in [-0.2, -0.15) is 0 Å². The van der Waals surface area contributed by atoms with Crippen LogP contribution in [0, 0.1) is 19.8 Å². The van der Waals surface area contributed by atoms with Gasteiger partial charge in [-0.25, -0.2) is 9.96 Å². The fraction of sp³-hybridized carbons (Fsp3) is 0.333. The van der Waals surface area contributed by atoms with E-state index < -0.39 is 18.1 Å². The zero-order valence-electron chi connectivity index (χ0n) is 21.6. The number of nitrogens with zero attached hydrogens (tertiary/aromatic N) is 2. The molecule has 0 N–H and O–H groups in total. The van der Waals surface area contributed by atoms with E-state index in [1.54, 1.807) is 5.06 Å². The third-order valence-electron chi connectivity index (χ3n) is 6.79. The molecule has 7 nitrogen and oxygen atoms in total. The summed E-state index contributed by atoms with van der Waals surface area (Å²) < 4.78 is 11.8. The first-order valence-corrected chi connectivity index (χ1v) is 12.8. The van der Waals surface area contributed by atoms with Crippen LogP contribution in [0.3, 0.4) is 0 Å². The van der Waals surface area contributed by atoms with Crippen LogP contribution in [0.1, 0.15) is 43.0 Å². The maximum absolute atomic E-state index is 14.0. The maximum atomic E-state index is 14.0.